The van der Waals surface area contributed by atoms with Crippen LogP contribution in [-0.2, 0) is 53.2 Å². The van der Waals surface area contributed by atoms with Crippen LogP contribution in [0.4, 0.5) is 0 Å². The van der Waals surface area contributed by atoms with Crippen molar-refractivity contribution >= 4 is 0 Å². The molecule has 3 aliphatic rings. The van der Waals surface area contributed by atoms with Gasteiger partial charge in [-0.1, -0.05) is 144 Å². The van der Waals surface area contributed by atoms with Crippen LogP contribution in [0.15, 0.2) is 152 Å². The van der Waals surface area contributed by atoms with Crippen LogP contribution in [0.1, 0.15) is 130 Å². The number of rotatable bonds is 6. The van der Waals surface area contributed by atoms with Gasteiger partial charge in [-0.15, -0.1) is 0 Å². The minimum atomic E-state index is -2.41. The van der Waals surface area contributed by atoms with Crippen LogP contribution in [0.25, 0.3) is 67.2 Å². The van der Waals surface area contributed by atoms with Crippen LogP contribution < -0.4 is 13.7 Å². The SMILES string of the molecule is [2H]C([2H])([2H])c1c[n+](C)c(-c2c(C)ccc3c2Cc2ccccc2-3)cc1C([2H])([2H])C(C)(C)C.[2H]C([2H])([2H])c1c[n+](C)c(-c2c(C)ccc3c2Cc2ccccc2-3)cc1C([2H])([2H])C(C)C.[2H]C([2H])([2H])c1ccc(-c2c(C)ccc3c2Cc2ccccc2-3)[n+](C)c1. The van der Waals surface area contributed by atoms with Gasteiger partial charge >= 0.3 is 0 Å². The molecule has 3 aromatic heterocycles. The summed E-state index contributed by atoms with van der Waals surface area (Å²) in [5, 5.41) is 0. The highest BCUT2D eigenvalue weighted by molar-refractivity contribution is 5.87. The Morgan fingerprint density at radius 3 is 1.25 bits per heavy atom. The topological polar surface area (TPSA) is 11.6 Å². The summed E-state index contributed by atoms with van der Waals surface area (Å²) in [4.78, 5) is 0. The van der Waals surface area contributed by atoms with Gasteiger partial charge in [-0.25, -0.2) is 13.7 Å². The van der Waals surface area contributed by atoms with Crippen molar-refractivity contribution < 1.29 is 31.5 Å². The molecule has 378 valence electrons. The van der Waals surface area contributed by atoms with Crippen molar-refractivity contribution in [2.24, 2.45) is 32.5 Å². The third kappa shape index (κ3) is 10.1. The maximum Gasteiger partial charge on any atom is 0.213 e. The van der Waals surface area contributed by atoms with Gasteiger partial charge in [0.2, 0.25) is 17.1 Å². The van der Waals surface area contributed by atoms with Crippen LogP contribution in [0.2, 0.25) is 0 Å². The summed E-state index contributed by atoms with van der Waals surface area (Å²) >= 11 is 0. The fourth-order valence-corrected chi connectivity index (χ4v) is 11.7. The maximum absolute atomic E-state index is 8.89. The molecular weight excluding hydrogens is 907 g/mol. The fourth-order valence-electron chi connectivity index (χ4n) is 11.7. The number of pyridine rings is 3. The van der Waals surface area contributed by atoms with Crippen LogP contribution >= 0.6 is 0 Å². The van der Waals surface area contributed by atoms with Crippen molar-refractivity contribution in [3.05, 3.63) is 230 Å². The van der Waals surface area contributed by atoms with Crippen LogP contribution in [0.5, 0.6) is 0 Å². The molecule has 3 nitrogen and oxygen atoms in total. The lowest BCUT2D eigenvalue weighted by Gasteiger charge is -2.20. The molecule has 0 amide bonds. The Bertz CT molecular complexity index is 4230. The molecule has 0 aliphatic heterocycles. The molecule has 0 radical (unpaired) electrons. The number of fused-ring (bicyclic) bond motifs is 9. The van der Waals surface area contributed by atoms with E-state index in [9.17, 15) is 0 Å². The minimum Gasteiger partial charge on any atom is -0.201 e. The van der Waals surface area contributed by atoms with Gasteiger partial charge in [0.1, 0.15) is 21.1 Å². The summed E-state index contributed by atoms with van der Waals surface area (Å²) in [5.74, 6) is -0.360. The molecule has 75 heavy (non-hydrogen) atoms. The van der Waals surface area contributed by atoms with Crippen LogP contribution in [0.3, 0.4) is 0 Å². The maximum atomic E-state index is 8.89. The Balaban J connectivity index is 0.000000147. The van der Waals surface area contributed by atoms with Crippen molar-refractivity contribution in [1.29, 1.82) is 0 Å². The average molecular weight is 999 g/mol. The zero-order chi connectivity index (χ0) is 64.1. The van der Waals surface area contributed by atoms with E-state index in [1.165, 1.54) is 77.9 Å². The first-order valence-electron chi connectivity index (χ1n) is 32.7. The number of aromatic nitrogens is 3. The molecule has 0 fully saturated rings. The lowest BCUT2D eigenvalue weighted by molar-refractivity contribution is -0.661. The predicted octanol–water partition coefficient (Wildman–Crippen LogP) is 15.9. The highest BCUT2D eigenvalue weighted by Gasteiger charge is 2.30. The average Bonchev–Trinajstić information content (AvgIpc) is 1.21. The molecular formula is C72H78N3+3. The van der Waals surface area contributed by atoms with Crippen molar-refractivity contribution in [2.75, 3.05) is 0 Å². The second kappa shape index (κ2) is 20.5. The lowest BCUT2D eigenvalue weighted by atomic mass is 9.85. The molecule has 3 heterocycles. The quantitative estimate of drug-likeness (QED) is 0.147. The Kier molecular flexibility index (Phi) is 10.2. The Labute approximate surface area is 467 Å². The summed E-state index contributed by atoms with van der Waals surface area (Å²) in [7, 11) is 5.62. The first kappa shape index (κ1) is 37.5. The van der Waals surface area contributed by atoms with Gasteiger partial charge in [-0.05, 0) is 185 Å². The highest BCUT2D eigenvalue weighted by Crippen LogP contribution is 2.45. The first-order chi connectivity index (χ1) is 41.0. The lowest BCUT2D eigenvalue weighted by Crippen LogP contribution is -2.32. The number of aryl methyl sites for hydroxylation is 9. The van der Waals surface area contributed by atoms with E-state index in [1.807, 2.05) is 67.7 Å². The Morgan fingerprint density at radius 2 is 0.853 bits per heavy atom. The van der Waals surface area contributed by atoms with Crippen molar-refractivity contribution in [3.8, 4) is 67.2 Å². The Hall–Kier alpha value is -7.23. The van der Waals surface area contributed by atoms with Gasteiger partial charge in [0.25, 0.3) is 0 Å². The van der Waals surface area contributed by atoms with Gasteiger partial charge in [0.05, 0.1) is 16.7 Å². The van der Waals surface area contributed by atoms with Gasteiger partial charge in [-0.3, -0.25) is 0 Å². The molecule has 0 bridgehead atoms. The second-order valence-corrected chi connectivity index (χ2v) is 22.1. The van der Waals surface area contributed by atoms with E-state index >= 15 is 0 Å². The van der Waals surface area contributed by atoms with Crippen molar-refractivity contribution in [1.82, 2.24) is 0 Å². The molecule has 0 unspecified atom stereocenters. The number of hydrogen-bond acceptors (Lipinski definition) is 0. The molecule has 3 heteroatoms. The molecule has 0 atom stereocenters. The summed E-state index contributed by atoms with van der Waals surface area (Å²) in [5.41, 5.74) is 24.8. The predicted molar refractivity (Wildman–Crippen MR) is 314 cm³/mol. The number of benzene rings is 6. The largest absolute Gasteiger partial charge is 0.213 e. The molecule has 3 aliphatic carbocycles. The van der Waals surface area contributed by atoms with E-state index in [0.29, 0.717) is 5.56 Å². The van der Waals surface area contributed by atoms with Gasteiger partial charge in [0.15, 0.2) is 18.6 Å². The normalized spacial score (nSPS) is 15.9. The summed E-state index contributed by atoms with van der Waals surface area (Å²) in [6.07, 6.45) is 3.88. The van der Waals surface area contributed by atoms with Crippen LogP contribution in [0, 0.1) is 52.7 Å². The van der Waals surface area contributed by atoms with E-state index in [0.717, 1.165) is 58.6 Å². The molecule has 0 saturated carbocycles. The highest BCUT2D eigenvalue weighted by atomic mass is 14.9. The molecule has 0 saturated heterocycles. The van der Waals surface area contributed by atoms with Crippen molar-refractivity contribution in [2.45, 2.75) is 108 Å². The van der Waals surface area contributed by atoms with E-state index in [2.05, 4.69) is 124 Å². The zero-order valence-electron chi connectivity index (χ0n) is 58.5. The number of nitrogens with zero attached hydrogens (tertiary/aromatic N) is 3. The van der Waals surface area contributed by atoms with Crippen molar-refractivity contribution in [3.63, 3.8) is 0 Å². The summed E-state index contributed by atoms with van der Waals surface area (Å²) < 4.78 is 112. The number of hydrogen-bond donors (Lipinski definition) is 0. The molecule has 6 aromatic carbocycles. The monoisotopic (exact) mass is 998 g/mol. The zero-order valence-corrected chi connectivity index (χ0v) is 45.5. The molecule has 0 spiro atoms. The summed E-state index contributed by atoms with van der Waals surface area (Å²) in [6, 6.07) is 45.4. The standard InChI is InChI=1S/C26H30N.C25H28N.C21H20N/c1-17-11-12-22-21-10-8-7-9-19(21)13-23(22)25(17)24-14-20(15-26(3,4)5)18(2)16-27(24)6;1-16(2)12-20-14-24(26(5)15-18(20)4)25-17(3)10-11-22-21-9-7-6-8-19(21)13-23(22)25;1-14-8-11-20(22(3)13-14)21-15(2)9-10-18-17-7-5-4-6-16(17)12-19(18)21/h7-12,14,16H,13,15H2,1-6H3;6-11,14-16H,12-13H2,1-5H3;4-11,13H,12H2,1-3H3/q3*+1/i2D3,15D2;4D3,12D2;1D3. The molecule has 0 N–H and O–H groups in total. The Morgan fingerprint density at radius 1 is 0.453 bits per heavy atom. The van der Waals surface area contributed by atoms with E-state index in [-0.39, 0.29) is 28.2 Å². The van der Waals surface area contributed by atoms with Crippen LogP contribution in [-0.4, -0.2) is 0 Å². The second-order valence-electron chi connectivity index (χ2n) is 22.1. The van der Waals surface area contributed by atoms with Gasteiger partial charge in [0, 0.05) is 52.7 Å². The molecule has 12 rings (SSSR count). The third-order valence-electron chi connectivity index (χ3n) is 15.0. The molecule has 9 aromatic rings. The van der Waals surface area contributed by atoms with E-state index in [4.69, 9.17) is 17.8 Å². The van der Waals surface area contributed by atoms with E-state index in [1.54, 1.807) is 50.6 Å². The van der Waals surface area contributed by atoms with Gasteiger partial charge in [-0.2, -0.15) is 0 Å². The third-order valence-corrected chi connectivity index (χ3v) is 15.0. The van der Waals surface area contributed by atoms with Gasteiger partial charge < -0.3 is 0 Å². The smallest absolute Gasteiger partial charge is 0.201 e. The minimum absolute atomic E-state index is 0.0668. The first-order valence-corrected chi connectivity index (χ1v) is 26.2. The van der Waals surface area contributed by atoms with E-state index < -0.39 is 38.7 Å². The summed E-state index contributed by atoms with van der Waals surface area (Å²) in [6.45, 7) is 8.38. The fraction of sp³-hybridized carbons (Fsp3) is 0.292.